The highest BCUT2D eigenvalue weighted by Crippen LogP contribution is 2.45. The first-order valence-electron chi connectivity index (χ1n) is 8.78. The fourth-order valence-electron chi connectivity index (χ4n) is 3.40. The molecule has 144 valence electrons. The number of methoxy groups -OCH3 is 2. The van der Waals surface area contributed by atoms with Crippen molar-refractivity contribution in [2.24, 2.45) is 0 Å². The molecule has 4 nitrogen and oxygen atoms in total. The molecular weight excluding hydrogens is 486 g/mol. The zero-order chi connectivity index (χ0) is 19.7. The van der Waals surface area contributed by atoms with Crippen LogP contribution in [0.1, 0.15) is 29.0 Å². The lowest BCUT2D eigenvalue weighted by Gasteiger charge is -2.34. The normalized spacial score (nSPS) is 18.1. The van der Waals surface area contributed by atoms with E-state index in [9.17, 15) is 0 Å². The molecule has 0 saturated carbocycles. The molecule has 0 fully saturated rings. The molecule has 0 aromatic heterocycles. The molecule has 1 aliphatic rings. The number of halogens is 2. The molecule has 28 heavy (non-hydrogen) atoms. The van der Waals surface area contributed by atoms with Crippen LogP contribution in [0, 0.1) is 0 Å². The van der Waals surface area contributed by atoms with E-state index in [0.717, 1.165) is 31.3 Å². The molecule has 1 heterocycles. The van der Waals surface area contributed by atoms with Gasteiger partial charge in [0.1, 0.15) is 6.10 Å². The quantitative estimate of drug-likeness (QED) is 0.442. The summed E-state index contributed by atoms with van der Waals surface area (Å²) in [6.45, 7) is 0. The lowest BCUT2D eigenvalue weighted by Crippen LogP contribution is -2.25. The third kappa shape index (κ3) is 3.64. The van der Waals surface area contributed by atoms with Gasteiger partial charge < -0.3 is 19.5 Å². The molecular formula is C22H19Br2NO3. The highest BCUT2D eigenvalue weighted by atomic mass is 79.9. The van der Waals surface area contributed by atoms with Crippen LogP contribution in [0.25, 0.3) is 0 Å². The summed E-state index contributed by atoms with van der Waals surface area (Å²) >= 11 is 7.15. The third-order valence-electron chi connectivity index (χ3n) is 4.72. The van der Waals surface area contributed by atoms with Crippen molar-refractivity contribution in [2.45, 2.75) is 12.3 Å². The zero-order valence-corrected chi connectivity index (χ0v) is 18.6. The van der Waals surface area contributed by atoms with Crippen LogP contribution in [0.5, 0.6) is 11.5 Å². The Morgan fingerprint density at radius 3 is 2.39 bits per heavy atom. The Hall–Kier alpha value is -2.02. The maximum atomic E-state index is 6.52. The Morgan fingerprint density at radius 1 is 0.893 bits per heavy atom. The van der Waals surface area contributed by atoms with Crippen molar-refractivity contribution in [1.82, 2.24) is 0 Å². The molecule has 0 amide bonds. The molecule has 0 bridgehead atoms. The predicted octanol–water partition coefficient (Wildman–Crippen LogP) is 6.46. The molecule has 4 rings (SSSR count). The first-order chi connectivity index (χ1) is 13.6. The van der Waals surface area contributed by atoms with Crippen LogP contribution >= 0.6 is 31.9 Å². The number of hydrogen-bond acceptors (Lipinski definition) is 4. The van der Waals surface area contributed by atoms with Crippen LogP contribution in [-0.4, -0.2) is 14.2 Å². The van der Waals surface area contributed by atoms with Gasteiger partial charge in [0, 0.05) is 21.3 Å². The first kappa shape index (κ1) is 19.3. The van der Waals surface area contributed by atoms with Gasteiger partial charge in [-0.2, -0.15) is 0 Å². The van der Waals surface area contributed by atoms with E-state index in [0.29, 0.717) is 11.5 Å². The summed E-state index contributed by atoms with van der Waals surface area (Å²) < 4.78 is 19.3. The number of benzene rings is 3. The van der Waals surface area contributed by atoms with Crippen molar-refractivity contribution in [3.63, 3.8) is 0 Å². The highest BCUT2D eigenvalue weighted by Gasteiger charge is 2.30. The fraction of sp³-hybridized carbons (Fsp3) is 0.182. The van der Waals surface area contributed by atoms with Crippen molar-refractivity contribution < 1.29 is 14.2 Å². The summed E-state index contributed by atoms with van der Waals surface area (Å²) in [5, 5.41) is 3.50. The van der Waals surface area contributed by atoms with E-state index in [4.69, 9.17) is 14.2 Å². The van der Waals surface area contributed by atoms with Crippen molar-refractivity contribution in [2.75, 3.05) is 19.5 Å². The van der Waals surface area contributed by atoms with Crippen LogP contribution in [0.3, 0.4) is 0 Å². The summed E-state index contributed by atoms with van der Waals surface area (Å²) in [4.78, 5) is 0. The maximum Gasteiger partial charge on any atom is 0.174 e. The number of rotatable bonds is 4. The topological polar surface area (TPSA) is 39.7 Å². The Balaban J connectivity index is 1.79. The molecule has 6 heteroatoms. The van der Waals surface area contributed by atoms with Gasteiger partial charge >= 0.3 is 0 Å². The smallest absolute Gasteiger partial charge is 0.174 e. The Kier molecular flexibility index (Phi) is 5.62. The van der Waals surface area contributed by atoms with Gasteiger partial charge in [-0.3, -0.25) is 0 Å². The molecule has 3 aromatic rings. The lowest BCUT2D eigenvalue weighted by molar-refractivity contribution is 0.0155. The van der Waals surface area contributed by atoms with Crippen LogP contribution in [0.4, 0.5) is 5.69 Å². The monoisotopic (exact) mass is 503 g/mol. The van der Waals surface area contributed by atoms with Crippen LogP contribution in [0.15, 0.2) is 69.6 Å². The summed E-state index contributed by atoms with van der Waals surface area (Å²) in [5.41, 5.74) is 4.18. The average Bonchev–Trinajstić information content (AvgIpc) is 2.73. The molecule has 1 aliphatic heterocycles. The first-order valence-corrected chi connectivity index (χ1v) is 10.4. The number of anilines is 1. The molecule has 0 aliphatic carbocycles. The Morgan fingerprint density at radius 2 is 1.68 bits per heavy atom. The second-order valence-corrected chi connectivity index (χ2v) is 8.19. The summed E-state index contributed by atoms with van der Waals surface area (Å²) in [7, 11) is 3.25. The number of fused-ring (bicyclic) bond motifs is 1. The van der Waals surface area contributed by atoms with Crippen LogP contribution < -0.4 is 14.8 Å². The van der Waals surface area contributed by atoms with Crippen molar-refractivity contribution >= 4 is 37.5 Å². The molecule has 1 N–H and O–H groups in total. The second-order valence-electron chi connectivity index (χ2n) is 6.42. The number of ether oxygens (including phenoxy) is 3. The van der Waals surface area contributed by atoms with E-state index < -0.39 is 0 Å². The van der Waals surface area contributed by atoms with Gasteiger partial charge in [-0.15, -0.1) is 0 Å². The van der Waals surface area contributed by atoms with Gasteiger partial charge in [-0.05, 0) is 51.8 Å². The standard InChI is InChI=1S/C22H19Br2NO3/c1-26-19-11-14(10-17(24)21(19)27-2)22-25-18-9-8-15(23)12-16(18)20(28-22)13-6-4-3-5-7-13/h3-12,20,22,25H,1-2H3/t20-,22+/m1/s1. The van der Waals surface area contributed by atoms with Crippen LogP contribution in [-0.2, 0) is 4.74 Å². The van der Waals surface area contributed by atoms with E-state index in [1.54, 1.807) is 14.2 Å². The largest absolute Gasteiger partial charge is 0.493 e. The van der Waals surface area contributed by atoms with Crippen LogP contribution in [0.2, 0.25) is 0 Å². The van der Waals surface area contributed by atoms with Gasteiger partial charge in [0.25, 0.3) is 0 Å². The van der Waals surface area contributed by atoms with Gasteiger partial charge in [0.2, 0.25) is 0 Å². The molecule has 2 atom stereocenters. The zero-order valence-electron chi connectivity index (χ0n) is 15.4. The molecule has 0 saturated heterocycles. The van der Waals surface area contributed by atoms with Gasteiger partial charge in [0.05, 0.1) is 18.7 Å². The van der Waals surface area contributed by atoms with E-state index in [-0.39, 0.29) is 12.3 Å². The average molecular weight is 505 g/mol. The van der Waals surface area contributed by atoms with Gasteiger partial charge in [-0.25, -0.2) is 0 Å². The van der Waals surface area contributed by atoms with E-state index in [1.807, 2.05) is 36.4 Å². The van der Waals surface area contributed by atoms with Crippen molar-refractivity contribution in [3.8, 4) is 11.5 Å². The van der Waals surface area contributed by atoms with E-state index in [2.05, 4.69) is 61.4 Å². The minimum absolute atomic E-state index is 0.188. The van der Waals surface area contributed by atoms with Gasteiger partial charge in [0.15, 0.2) is 17.7 Å². The molecule has 0 unspecified atom stereocenters. The van der Waals surface area contributed by atoms with Crippen molar-refractivity contribution in [1.29, 1.82) is 0 Å². The minimum Gasteiger partial charge on any atom is -0.493 e. The maximum absolute atomic E-state index is 6.52. The lowest BCUT2D eigenvalue weighted by atomic mass is 9.97. The van der Waals surface area contributed by atoms with E-state index in [1.165, 1.54) is 0 Å². The van der Waals surface area contributed by atoms with E-state index >= 15 is 0 Å². The second kappa shape index (κ2) is 8.15. The highest BCUT2D eigenvalue weighted by molar-refractivity contribution is 9.10. The molecule has 3 aromatic carbocycles. The fourth-order valence-corrected chi connectivity index (χ4v) is 4.40. The summed E-state index contributed by atoms with van der Waals surface area (Å²) in [6, 6.07) is 20.4. The van der Waals surface area contributed by atoms with Gasteiger partial charge in [-0.1, -0.05) is 46.3 Å². The Bertz CT molecular complexity index is 995. The summed E-state index contributed by atoms with van der Waals surface area (Å²) in [6.07, 6.45) is -0.526. The molecule has 0 radical (unpaired) electrons. The number of hydrogen-bond donors (Lipinski definition) is 1. The summed E-state index contributed by atoms with van der Waals surface area (Å²) in [5.74, 6) is 1.31. The SMILES string of the molecule is COc1cc([C@H]2Nc3ccc(Br)cc3[C@@H](c3ccccc3)O2)cc(Br)c1OC. The third-order valence-corrected chi connectivity index (χ3v) is 5.80. The minimum atomic E-state index is -0.338. The molecule has 0 spiro atoms. The predicted molar refractivity (Wildman–Crippen MR) is 117 cm³/mol. The van der Waals surface area contributed by atoms with Crippen molar-refractivity contribution in [3.05, 3.63) is 86.3 Å². The Labute approximate surface area is 181 Å². The number of nitrogens with one attached hydrogen (secondary N) is 1.